The van der Waals surface area contributed by atoms with E-state index in [1.807, 2.05) is 65.8 Å². The number of para-hydroxylation sites is 1. The minimum Gasteiger partial charge on any atom is -0.488 e. The van der Waals surface area contributed by atoms with Crippen molar-refractivity contribution in [1.82, 2.24) is 9.80 Å². The molecule has 0 radical (unpaired) electrons. The largest absolute Gasteiger partial charge is 0.488 e. The molecule has 5 heteroatoms. The molecule has 31 heavy (non-hydrogen) atoms. The Morgan fingerprint density at radius 1 is 1.00 bits per heavy atom. The number of benzene rings is 2. The number of nitrogens with zero attached hydrogens (tertiary/aromatic N) is 2. The number of piperazine rings is 1. The maximum atomic E-state index is 13.0. The van der Waals surface area contributed by atoms with E-state index in [2.05, 4.69) is 29.2 Å². The summed E-state index contributed by atoms with van der Waals surface area (Å²) < 4.78 is 6.01. The predicted molar refractivity (Wildman–Crippen MR) is 127 cm³/mol. The van der Waals surface area contributed by atoms with Gasteiger partial charge in [0.05, 0.1) is 4.88 Å². The fourth-order valence-corrected chi connectivity index (χ4v) is 4.62. The van der Waals surface area contributed by atoms with Crippen LogP contribution in [0.15, 0.2) is 72.1 Å². The van der Waals surface area contributed by atoms with Gasteiger partial charge in [-0.2, -0.15) is 0 Å². The molecule has 0 spiro atoms. The summed E-state index contributed by atoms with van der Waals surface area (Å²) in [4.78, 5) is 18.1. The van der Waals surface area contributed by atoms with Crippen LogP contribution in [0.1, 0.15) is 33.3 Å². The van der Waals surface area contributed by atoms with Crippen LogP contribution in [-0.4, -0.2) is 41.9 Å². The molecule has 0 atom stereocenters. The maximum Gasteiger partial charge on any atom is 0.264 e. The summed E-state index contributed by atoms with van der Waals surface area (Å²) in [5.74, 6) is 0.985. The van der Waals surface area contributed by atoms with Crippen molar-refractivity contribution < 1.29 is 9.53 Å². The van der Waals surface area contributed by atoms with Crippen molar-refractivity contribution in [3.8, 4) is 5.75 Å². The monoisotopic (exact) mass is 432 g/mol. The number of rotatable bonds is 7. The molecular weight excluding hydrogens is 404 g/mol. The zero-order valence-corrected chi connectivity index (χ0v) is 18.7. The van der Waals surface area contributed by atoms with Crippen molar-refractivity contribution >= 4 is 23.3 Å². The van der Waals surface area contributed by atoms with E-state index in [-0.39, 0.29) is 5.91 Å². The lowest BCUT2D eigenvalue weighted by atomic mass is 10.2. The Hall–Kier alpha value is -2.89. The third-order valence-electron chi connectivity index (χ3n) is 5.43. The molecule has 0 N–H and O–H groups in total. The molecule has 1 aromatic heterocycles. The Bertz CT molecular complexity index is 1020. The first-order chi connectivity index (χ1) is 15.2. The molecule has 1 amide bonds. The summed E-state index contributed by atoms with van der Waals surface area (Å²) in [6, 6.07) is 20.5. The molecule has 1 aliphatic heterocycles. The second kappa shape index (κ2) is 10.4. The van der Waals surface area contributed by atoms with Crippen LogP contribution in [0.4, 0.5) is 0 Å². The lowest BCUT2D eigenvalue weighted by molar-refractivity contribution is 0.0633. The highest BCUT2D eigenvalue weighted by atomic mass is 32.1. The third-order valence-corrected chi connectivity index (χ3v) is 6.40. The Balaban J connectivity index is 1.30. The molecule has 0 bridgehead atoms. The van der Waals surface area contributed by atoms with Crippen molar-refractivity contribution in [1.29, 1.82) is 0 Å². The van der Waals surface area contributed by atoms with Gasteiger partial charge in [-0.15, -0.1) is 11.3 Å². The van der Waals surface area contributed by atoms with Crippen LogP contribution < -0.4 is 4.74 Å². The zero-order valence-electron chi connectivity index (χ0n) is 17.9. The average Bonchev–Trinajstić information content (AvgIpc) is 3.29. The van der Waals surface area contributed by atoms with Crippen LogP contribution in [-0.2, 0) is 13.2 Å². The number of ether oxygens (including phenoxy) is 1. The zero-order chi connectivity index (χ0) is 21.5. The van der Waals surface area contributed by atoms with Gasteiger partial charge in [-0.05, 0) is 30.0 Å². The van der Waals surface area contributed by atoms with Crippen molar-refractivity contribution in [2.75, 3.05) is 26.2 Å². The van der Waals surface area contributed by atoms with E-state index in [1.54, 1.807) is 0 Å². The van der Waals surface area contributed by atoms with Crippen LogP contribution >= 0.6 is 11.3 Å². The molecule has 2 aromatic carbocycles. The first-order valence-electron chi connectivity index (χ1n) is 10.7. The van der Waals surface area contributed by atoms with Crippen LogP contribution in [0.3, 0.4) is 0 Å². The topological polar surface area (TPSA) is 32.8 Å². The van der Waals surface area contributed by atoms with Crippen molar-refractivity contribution in [2.24, 2.45) is 0 Å². The molecule has 0 saturated carbocycles. The first-order valence-corrected chi connectivity index (χ1v) is 11.6. The minimum absolute atomic E-state index is 0.130. The predicted octanol–water partition coefficient (Wildman–Crippen LogP) is 5.32. The third kappa shape index (κ3) is 5.63. The standard InChI is InChI=1S/C26H28N2O2S/c1-2-8-23-11-6-7-12-24(23)30-19-22-17-25(31-20-22)26(29)28-15-13-27(14-16-28)18-21-9-4-3-5-10-21/h2-12,17,20H,13-16,18-19H2,1H3/b8-2+. The molecule has 0 aliphatic carbocycles. The number of allylic oxidation sites excluding steroid dienone is 1. The molecule has 3 aromatic rings. The normalized spacial score (nSPS) is 14.8. The van der Waals surface area contributed by atoms with E-state index in [0.717, 1.165) is 54.5 Å². The number of carbonyl (C=O) groups is 1. The Kier molecular flexibility index (Phi) is 7.18. The van der Waals surface area contributed by atoms with Gasteiger partial charge in [0.25, 0.3) is 5.91 Å². The van der Waals surface area contributed by atoms with Crippen LogP contribution in [0, 0.1) is 0 Å². The quantitative estimate of drug-likeness (QED) is 0.507. The van der Waals surface area contributed by atoms with E-state index in [1.165, 1.54) is 16.9 Å². The summed E-state index contributed by atoms with van der Waals surface area (Å²) in [6.07, 6.45) is 4.04. The SMILES string of the molecule is C/C=C/c1ccccc1OCc1csc(C(=O)N2CCN(Cc3ccccc3)CC2)c1. The maximum absolute atomic E-state index is 13.0. The molecule has 0 unspecified atom stereocenters. The highest BCUT2D eigenvalue weighted by Gasteiger charge is 2.23. The van der Waals surface area contributed by atoms with Crippen molar-refractivity contribution in [3.63, 3.8) is 0 Å². The van der Waals surface area contributed by atoms with Gasteiger partial charge in [0.1, 0.15) is 12.4 Å². The number of amides is 1. The molecule has 1 aliphatic rings. The van der Waals surface area contributed by atoms with E-state index in [0.29, 0.717) is 6.61 Å². The molecular formula is C26H28N2O2S. The van der Waals surface area contributed by atoms with E-state index in [9.17, 15) is 4.79 Å². The summed E-state index contributed by atoms with van der Waals surface area (Å²) >= 11 is 1.51. The van der Waals surface area contributed by atoms with Crippen LogP contribution in [0.2, 0.25) is 0 Å². The van der Waals surface area contributed by atoms with Crippen LogP contribution in [0.5, 0.6) is 5.75 Å². The second-order valence-corrected chi connectivity index (χ2v) is 8.61. The van der Waals surface area contributed by atoms with Gasteiger partial charge in [0, 0.05) is 43.9 Å². The van der Waals surface area contributed by atoms with E-state index < -0.39 is 0 Å². The molecule has 2 heterocycles. The highest BCUT2D eigenvalue weighted by Crippen LogP contribution is 2.23. The fraction of sp³-hybridized carbons (Fsp3) is 0.269. The Labute approximate surface area is 188 Å². The second-order valence-electron chi connectivity index (χ2n) is 7.70. The summed E-state index contributed by atoms with van der Waals surface area (Å²) in [5.41, 5.74) is 3.41. The molecule has 4 nitrogen and oxygen atoms in total. The summed E-state index contributed by atoms with van der Waals surface area (Å²) in [6.45, 7) is 6.75. The van der Waals surface area contributed by atoms with Gasteiger partial charge in [0.2, 0.25) is 0 Å². The smallest absolute Gasteiger partial charge is 0.264 e. The molecule has 160 valence electrons. The molecule has 4 rings (SSSR count). The number of thiophene rings is 1. The summed E-state index contributed by atoms with van der Waals surface area (Å²) in [5, 5.41) is 2.02. The lowest BCUT2D eigenvalue weighted by Crippen LogP contribution is -2.48. The first kappa shape index (κ1) is 21.3. The van der Waals surface area contributed by atoms with Crippen molar-refractivity contribution in [3.05, 3.63) is 93.7 Å². The summed E-state index contributed by atoms with van der Waals surface area (Å²) in [7, 11) is 0. The fourth-order valence-electron chi connectivity index (χ4n) is 3.76. The van der Waals surface area contributed by atoms with Gasteiger partial charge in [-0.25, -0.2) is 0 Å². The van der Waals surface area contributed by atoms with E-state index >= 15 is 0 Å². The minimum atomic E-state index is 0.130. The van der Waals surface area contributed by atoms with Gasteiger partial charge >= 0.3 is 0 Å². The van der Waals surface area contributed by atoms with Gasteiger partial charge in [0.15, 0.2) is 0 Å². The average molecular weight is 433 g/mol. The number of hydrogen-bond acceptors (Lipinski definition) is 4. The van der Waals surface area contributed by atoms with Crippen molar-refractivity contribution in [2.45, 2.75) is 20.1 Å². The Morgan fingerprint density at radius 2 is 1.74 bits per heavy atom. The highest BCUT2D eigenvalue weighted by molar-refractivity contribution is 7.12. The van der Waals surface area contributed by atoms with Crippen LogP contribution in [0.25, 0.3) is 6.08 Å². The Morgan fingerprint density at radius 3 is 2.52 bits per heavy atom. The molecule has 1 saturated heterocycles. The lowest BCUT2D eigenvalue weighted by Gasteiger charge is -2.34. The number of hydrogen-bond donors (Lipinski definition) is 0. The number of carbonyl (C=O) groups excluding carboxylic acids is 1. The van der Waals surface area contributed by atoms with Gasteiger partial charge < -0.3 is 9.64 Å². The van der Waals surface area contributed by atoms with Gasteiger partial charge in [-0.3, -0.25) is 9.69 Å². The molecule has 1 fully saturated rings. The van der Waals surface area contributed by atoms with Gasteiger partial charge in [-0.1, -0.05) is 60.7 Å². The van der Waals surface area contributed by atoms with E-state index in [4.69, 9.17) is 4.74 Å².